The number of aromatic amines is 1. The summed E-state index contributed by atoms with van der Waals surface area (Å²) in [6.45, 7) is 1.94. The van der Waals surface area contributed by atoms with Crippen LogP contribution in [0, 0.1) is 6.92 Å². The number of amides is 1. The summed E-state index contributed by atoms with van der Waals surface area (Å²) in [6, 6.07) is 17.9. The number of benzene rings is 2. The van der Waals surface area contributed by atoms with Crippen molar-refractivity contribution in [2.75, 3.05) is 12.0 Å². The van der Waals surface area contributed by atoms with Crippen LogP contribution < -0.4 is 5.32 Å². The summed E-state index contributed by atoms with van der Waals surface area (Å²) in [5.41, 5.74) is 3.58. The second kappa shape index (κ2) is 9.45. The lowest BCUT2D eigenvalue weighted by Crippen LogP contribution is -2.30. The Morgan fingerprint density at radius 2 is 1.90 bits per heavy atom. The van der Waals surface area contributed by atoms with Crippen molar-refractivity contribution in [1.82, 2.24) is 20.3 Å². The zero-order valence-electron chi connectivity index (χ0n) is 17.0. The van der Waals surface area contributed by atoms with Crippen molar-refractivity contribution >= 4 is 40.0 Å². The summed E-state index contributed by atoms with van der Waals surface area (Å²) >= 11 is 3.34. The van der Waals surface area contributed by atoms with E-state index in [0.717, 1.165) is 38.9 Å². The molecule has 1 amide bonds. The molecular formula is C23H24N4OS2. The zero-order valence-corrected chi connectivity index (χ0v) is 18.6. The molecule has 0 unspecified atom stereocenters. The monoisotopic (exact) mass is 436 g/mol. The first-order valence-corrected chi connectivity index (χ1v) is 12.1. The highest BCUT2D eigenvalue weighted by Gasteiger charge is 2.23. The molecule has 154 valence electrons. The normalized spacial score (nSPS) is 12.2. The molecule has 0 spiro atoms. The lowest BCUT2D eigenvalue weighted by Gasteiger charge is -2.16. The minimum absolute atomic E-state index is 0.142. The van der Waals surface area contributed by atoms with E-state index in [1.807, 2.05) is 49.4 Å². The van der Waals surface area contributed by atoms with Gasteiger partial charge in [-0.15, -0.1) is 11.3 Å². The molecule has 5 nitrogen and oxygen atoms in total. The number of carbonyl (C=O) groups excluding carboxylic acids is 1. The highest BCUT2D eigenvalue weighted by Crippen LogP contribution is 2.24. The SMILES string of the molecule is CSCC[C@@H](NC(=O)c1nc(C)sc1Cc1ccccc1)c1nc2ccccc2[nH]1. The number of thiazole rings is 1. The largest absolute Gasteiger partial charge is 0.341 e. The van der Waals surface area contributed by atoms with Gasteiger partial charge < -0.3 is 10.3 Å². The van der Waals surface area contributed by atoms with Gasteiger partial charge in [0.05, 0.1) is 22.1 Å². The number of nitrogens with zero attached hydrogens (tertiary/aromatic N) is 2. The Balaban J connectivity index is 1.58. The second-order valence-corrected chi connectivity index (χ2v) is 9.39. The average molecular weight is 437 g/mol. The first kappa shape index (κ1) is 20.6. The smallest absolute Gasteiger partial charge is 0.271 e. The standard InChI is InChI=1S/C23H24N4OS2/c1-15-24-21(20(30-15)14-16-8-4-3-5-9-16)23(28)27-19(12-13-29-2)22-25-17-10-6-7-11-18(17)26-22/h3-11,19H,12-14H2,1-2H3,(H,25,26)(H,27,28)/t19-/m1/s1. The molecule has 4 aromatic rings. The Morgan fingerprint density at radius 3 is 2.67 bits per heavy atom. The van der Waals surface area contributed by atoms with Gasteiger partial charge in [0, 0.05) is 11.3 Å². The van der Waals surface area contributed by atoms with Crippen molar-refractivity contribution in [3.8, 4) is 0 Å². The molecule has 0 saturated heterocycles. The molecule has 0 aliphatic carbocycles. The molecule has 0 bridgehead atoms. The van der Waals surface area contributed by atoms with Crippen LogP contribution in [0.4, 0.5) is 0 Å². The van der Waals surface area contributed by atoms with Crippen molar-refractivity contribution < 1.29 is 4.79 Å². The van der Waals surface area contributed by atoms with Gasteiger partial charge in [-0.25, -0.2) is 9.97 Å². The summed E-state index contributed by atoms with van der Waals surface area (Å²) in [6.07, 6.45) is 3.57. The first-order valence-electron chi connectivity index (χ1n) is 9.88. The van der Waals surface area contributed by atoms with Crippen LogP contribution in [-0.4, -0.2) is 32.9 Å². The topological polar surface area (TPSA) is 70.7 Å². The summed E-state index contributed by atoms with van der Waals surface area (Å²) in [7, 11) is 0. The second-order valence-electron chi connectivity index (χ2n) is 7.11. The van der Waals surface area contributed by atoms with E-state index in [1.165, 1.54) is 5.56 Å². The van der Waals surface area contributed by atoms with E-state index in [9.17, 15) is 4.79 Å². The van der Waals surface area contributed by atoms with E-state index < -0.39 is 0 Å². The Morgan fingerprint density at radius 1 is 1.13 bits per heavy atom. The number of thioether (sulfide) groups is 1. The van der Waals surface area contributed by atoms with Crippen molar-refractivity contribution in [1.29, 1.82) is 0 Å². The molecule has 30 heavy (non-hydrogen) atoms. The molecule has 7 heteroatoms. The van der Waals surface area contributed by atoms with E-state index in [4.69, 9.17) is 4.98 Å². The van der Waals surface area contributed by atoms with E-state index in [2.05, 4.69) is 33.7 Å². The van der Waals surface area contributed by atoms with Crippen LogP contribution >= 0.6 is 23.1 Å². The first-order chi connectivity index (χ1) is 14.6. The minimum atomic E-state index is -0.191. The van der Waals surface area contributed by atoms with Gasteiger partial charge in [0.15, 0.2) is 0 Å². The van der Waals surface area contributed by atoms with Crippen molar-refractivity contribution in [3.05, 3.63) is 81.6 Å². The average Bonchev–Trinajstić information content (AvgIpc) is 3.35. The van der Waals surface area contributed by atoms with Crippen LogP contribution in [0.15, 0.2) is 54.6 Å². The third-order valence-electron chi connectivity index (χ3n) is 4.88. The maximum atomic E-state index is 13.2. The molecule has 2 heterocycles. The van der Waals surface area contributed by atoms with Gasteiger partial charge in [-0.2, -0.15) is 11.8 Å². The fourth-order valence-corrected chi connectivity index (χ4v) is 4.86. The molecule has 0 radical (unpaired) electrons. The number of aromatic nitrogens is 3. The van der Waals surface area contributed by atoms with Crippen LogP contribution in [0.5, 0.6) is 0 Å². The number of H-pyrrole nitrogens is 1. The van der Waals surface area contributed by atoms with Crippen LogP contribution in [-0.2, 0) is 6.42 Å². The number of hydrogen-bond donors (Lipinski definition) is 2. The molecule has 0 aliphatic heterocycles. The summed E-state index contributed by atoms with van der Waals surface area (Å²) in [5, 5.41) is 4.08. The van der Waals surface area contributed by atoms with Gasteiger partial charge in [0.25, 0.3) is 5.91 Å². The number of imidazole rings is 1. The molecule has 2 N–H and O–H groups in total. The van der Waals surface area contributed by atoms with Crippen LogP contribution in [0.2, 0.25) is 0 Å². The van der Waals surface area contributed by atoms with Crippen molar-refractivity contribution in [2.24, 2.45) is 0 Å². The Hall–Kier alpha value is -2.64. The fraction of sp³-hybridized carbons (Fsp3) is 0.261. The number of fused-ring (bicyclic) bond motifs is 1. The predicted molar refractivity (Wildman–Crippen MR) is 125 cm³/mol. The molecule has 0 saturated carbocycles. The van der Waals surface area contributed by atoms with Crippen LogP contribution in [0.25, 0.3) is 11.0 Å². The molecule has 2 aromatic carbocycles. The van der Waals surface area contributed by atoms with Gasteiger partial charge in [-0.3, -0.25) is 4.79 Å². The minimum Gasteiger partial charge on any atom is -0.341 e. The zero-order chi connectivity index (χ0) is 20.9. The summed E-state index contributed by atoms with van der Waals surface area (Å²) in [4.78, 5) is 26.8. The fourth-order valence-electron chi connectivity index (χ4n) is 3.42. The molecular weight excluding hydrogens is 412 g/mol. The summed E-state index contributed by atoms with van der Waals surface area (Å²) < 4.78 is 0. The highest BCUT2D eigenvalue weighted by atomic mass is 32.2. The van der Waals surface area contributed by atoms with Gasteiger partial charge in [-0.05, 0) is 43.0 Å². The maximum absolute atomic E-state index is 13.2. The van der Waals surface area contributed by atoms with Gasteiger partial charge >= 0.3 is 0 Å². The molecule has 4 rings (SSSR count). The number of nitrogens with one attached hydrogen (secondary N) is 2. The van der Waals surface area contributed by atoms with Crippen LogP contribution in [0.1, 0.15) is 44.2 Å². The van der Waals surface area contributed by atoms with E-state index in [1.54, 1.807) is 23.1 Å². The van der Waals surface area contributed by atoms with Crippen LogP contribution in [0.3, 0.4) is 0 Å². The molecule has 1 atom stereocenters. The predicted octanol–water partition coefficient (Wildman–Crippen LogP) is 5.14. The lowest BCUT2D eigenvalue weighted by molar-refractivity contribution is 0.0929. The Bertz CT molecular complexity index is 1100. The quantitative estimate of drug-likeness (QED) is 0.401. The number of rotatable bonds is 8. The number of hydrogen-bond acceptors (Lipinski definition) is 5. The number of aryl methyl sites for hydroxylation is 1. The number of para-hydroxylation sites is 2. The van der Waals surface area contributed by atoms with E-state index >= 15 is 0 Å². The van der Waals surface area contributed by atoms with E-state index in [0.29, 0.717) is 12.1 Å². The van der Waals surface area contributed by atoms with Crippen molar-refractivity contribution in [2.45, 2.75) is 25.8 Å². The van der Waals surface area contributed by atoms with Gasteiger partial charge in [0.2, 0.25) is 0 Å². The third kappa shape index (κ3) is 4.74. The van der Waals surface area contributed by atoms with Gasteiger partial charge in [0.1, 0.15) is 11.5 Å². The number of carbonyl (C=O) groups is 1. The maximum Gasteiger partial charge on any atom is 0.271 e. The third-order valence-corrected chi connectivity index (χ3v) is 6.50. The molecule has 0 fully saturated rings. The summed E-state index contributed by atoms with van der Waals surface area (Å²) in [5.74, 6) is 1.57. The van der Waals surface area contributed by atoms with E-state index in [-0.39, 0.29) is 11.9 Å². The molecule has 2 aromatic heterocycles. The van der Waals surface area contributed by atoms with Gasteiger partial charge in [-0.1, -0.05) is 42.5 Å². The molecule has 0 aliphatic rings. The lowest BCUT2D eigenvalue weighted by atomic mass is 10.1. The Labute approximate surface area is 184 Å². The Kier molecular flexibility index (Phi) is 6.50. The highest BCUT2D eigenvalue weighted by molar-refractivity contribution is 7.98. The van der Waals surface area contributed by atoms with Crippen molar-refractivity contribution in [3.63, 3.8) is 0 Å².